The molecule has 1 N–H and O–H groups in total. The summed E-state index contributed by atoms with van der Waals surface area (Å²) in [6.45, 7) is 0. The van der Waals surface area contributed by atoms with Gasteiger partial charge in [0.15, 0.2) is 0 Å². The Bertz CT molecular complexity index is 1240. The number of carbonyl (C=O) groups excluding carboxylic acids is 1. The second kappa shape index (κ2) is 9.46. The van der Waals surface area contributed by atoms with Crippen molar-refractivity contribution < 1.29 is 24.2 Å². The topological polar surface area (TPSA) is 101 Å². The Balaban J connectivity index is 1.72. The number of aliphatic carboxylic acids is 1. The van der Waals surface area contributed by atoms with E-state index in [0.29, 0.717) is 34.7 Å². The Morgan fingerprint density at radius 2 is 1.76 bits per heavy atom. The first-order valence-corrected chi connectivity index (χ1v) is 10.7. The molecular formula is C24H22ClN3O5. The maximum atomic E-state index is 12.9. The van der Waals surface area contributed by atoms with Crippen molar-refractivity contribution in [2.45, 2.75) is 25.3 Å². The number of hydrogen-bond donors (Lipinski definition) is 1. The number of nitrogens with zero attached hydrogens (tertiary/aromatic N) is 3. The molecule has 8 nitrogen and oxygen atoms in total. The normalized spacial score (nSPS) is 15.4. The van der Waals surface area contributed by atoms with Crippen molar-refractivity contribution in [2.24, 2.45) is 5.10 Å². The van der Waals surface area contributed by atoms with Gasteiger partial charge in [-0.05, 0) is 48.0 Å². The van der Waals surface area contributed by atoms with Crippen LogP contribution in [0.1, 0.15) is 36.4 Å². The minimum Gasteiger partial charge on any atom is -0.497 e. The Morgan fingerprint density at radius 3 is 2.42 bits per heavy atom. The van der Waals surface area contributed by atoms with Gasteiger partial charge in [0, 0.05) is 29.9 Å². The zero-order valence-electron chi connectivity index (χ0n) is 18.1. The van der Waals surface area contributed by atoms with Crippen LogP contribution in [-0.2, 0) is 9.59 Å². The molecule has 33 heavy (non-hydrogen) atoms. The minimum absolute atomic E-state index is 0.166. The fraction of sp³-hybridized carbons (Fsp3) is 0.250. The van der Waals surface area contributed by atoms with Gasteiger partial charge in [-0.3, -0.25) is 9.59 Å². The highest BCUT2D eigenvalue weighted by Gasteiger charge is 2.35. The molecule has 2 aromatic carbocycles. The number of methoxy groups -OCH3 is 2. The van der Waals surface area contributed by atoms with Crippen molar-refractivity contribution in [3.63, 3.8) is 0 Å². The van der Waals surface area contributed by atoms with E-state index < -0.39 is 17.9 Å². The molecule has 170 valence electrons. The molecule has 0 bridgehead atoms. The second-order valence-electron chi connectivity index (χ2n) is 7.55. The van der Waals surface area contributed by atoms with E-state index in [2.05, 4.69) is 10.1 Å². The summed E-state index contributed by atoms with van der Waals surface area (Å²) in [5.41, 5.74) is 2.84. The number of hydrogen-bond acceptors (Lipinski definition) is 6. The number of benzene rings is 2. The first kappa shape index (κ1) is 22.5. The summed E-state index contributed by atoms with van der Waals surface area (Å²) in [6, 6.07) is 14.2. The molecule has 1 aliphatic heterocycles. The van der Waals surface area contributed by atoms with Crippen LogP contribution in [0.5, 0.6) is 11.5 Å². The second-order valence-corrected chi connectivity index (χ2v) is 7.91. The molecule has 0 spiro atoms. The van der Waals surface area contributed by atoms with Crippen molar-refractivity contribution in [3.8, 4) is 11.5 Å². The molecule has 1 aromatic heterocycles. The van der Waals surface area contributed by atoms with Gasteiger partial charge in [-0.15, -0.1) is 0 Å². The van der Waals surface area contributed by atoms with Crippen LogP contribution in [0.2, 0.25) is 5.15 Å². The lowest BCUT2D eigenvalue weighted by Crippen LogP contribution is -2.27. The van der Waals surface area contributed by atoms with E-state index in [1.165, 1.54) is 5.01 Å². The van der Waals surface area contributed by atoms with Gasteiger partial charge in [0.1, 0.15) is 16.7 Å². The molecule has 0 fully saturated rings. The van der Waals surface area contributed by atoms with Crippen LogP contribution >= 0.6 is 11.6 Å². The lowest BCUT2D eigenvalue weighted by molar-refractivity contribution is -0.141. The average Bonchev–Trinajstić information content (AvgIpc) is 3.27. The number of rotatable bonds is 7. The standard InChI is InChI=1S/C24H22ClN3O5/c1-32-16-6-3-14(4-7-16)20-13-21(28(27-20)22(29)9-10-23(30)31)18-11-15-5-8-17(33-2)12-19(15)26-24(18)25/h3-8,11-12,21H,9-10,13H2,1-2H3,(H,30,31). The molecule has 4 rings (SSSR count). The molecule has 9 heteroatoms. The molecule has 0 radical (unpaired) electrons. The fourth-order valence-electron chi connectivity index (χ4n) is 3.77. The van der Waals surface area contributed by atoms with Crippen LogP contribution < -0.4 is 9.47 Å². The summed E-state index contributed by atoms with van der Waals surface area (Å²) < 4.78 is 10.5. The van der Waals surface area contributed by atoms with Gasteiger partial charge in [0.05, 0.1) is 37.9 Å². The molecule has 0 saturated heterocycles. The Morgan fingerprint density at radius 1 is 1.06 bits per heavy atom. The summed E-state index contributed by atoms with van der Waals surface area (Å²) in [4.78, 5) is 28.4. The van der Waals surface area contributed by atoms with Gasteiger partial charge < -0.3 is 14.6 Å². The van der Waals surface area contributed by atoms with Crippen LogP contribution in [-0.4, -0.2) is 46.9 Å². The number of carbonyl (C=O) groups is 2. The van der Waals surface area contributed by atoms with Crippen LogP contribution in [0.3, 0.4) is 0 Å². The predicted octanol–water partition coefficient (Wildman–Crippen LogP) is 4.45. The number of ether oxygens (including phenoxy) is 2. The molecule has 3 aromatic rings. The zero-order chi connectivity index (χ0) is 23.5. The molecule has 1 amide bonds. The highest BCUT2D eigenvalue weighted by Crippen LogP contribution is 2.38. The number of fused-ring (bicyclic) bond motifs is 1. The number of pyridine rings is 1. The number of carboxylic acids is 1. The van der Waals surface area contributed by atoms with Crippen LogP contribution in [0, 0.1) is 0 Å². The van der Waals surface area contributed by atoms with Crippen LogP contribution in [0.25, 0.3) is 10.9 Å². The highest BCUT2D eigenvalue weighted by molar-refractivity contribution is 6.30. The third-order valence-electron chi connectivity index (χ3n) is 5.51. The first-order valence-electron chi connectivity index (χ1n) is 10.3. The van der Waals surface area contributed by atoms with Gasteiger partial charge in [0.2, 0.25) is 5.91 Å². The predicted molar refractivity (Wildman–Crippen MR) is 124 cm³/mol. The van der Waals surface area contributed by atoms with Gasteiger partial charge in [0.25, 0.3) is 0 Å². The molecule has 1 unspecified atom stereocenters. The van der Waals surface area contributed by atoms with Crippen molar-refractivity contribution in [3.05, 3.63) is 64.8 Å². The van der Waals surface area contributed by atoms with E-state index in [0.717, 1.165) is 10.9 Å². The van der Waals surface area contributed by atoms with Crippen molar-refractivity contribution in [2.75, 3.05) is 14.2 Å². The lowest BCUT2D eigenvalue weighted by atomic mass is 9.98. The Hall–Kier alpha value is -3.65. The monoisotopic (exact) mass is 467 g/mol. The maximum Gasteiger partial charge on any atom is 0.303 e. The summed E-state index contributed by atoms with van der Waals surface area (Å²) >= 11 is 6.56. The van der Waals surface area contributed by atoms with Gasteiger partial charge in [-0.2, -0.15) is 5.10 Å². The summed E-state index contributed by atoms with van der Waals surface area (Å²) in [5, 5.41) is 16.0. The Labute approximate surface area is 195 Å². The summed E-state index contributed by atoms with van der Waals surface area (Å²) in [6.07, 6.45) is -0.0335. The van der Waals surface area contributed by atoms with Crippen LogP contribution in [0.15, 0.2) is 53.6 Å². The third-order valence-corrected chi connectivity index (χ3v) is 5.81. The summed E-state index contributed by atoms with van der Waals surface area (Å²) in [5.74, 6) is -0.0645. The number of amides is 1. The SMILES string of the molecule is COc1ccc(C2=NN(C(=O)CCC(=O)O)C(c3cc4ccc(OC)cc4nc3Cl)C2)cc1. The molecule has 1 atom stereocenters. The van der Waals surface area contributed by atoms with Crippen LogP contribution in [0.4, 0.5) is 0 Å². The highest BCUT2D eigenvalue weighted by atomic mass is 35.5. The maximum absolute atomic E-state index is 12.9. The molecule has 2 heterocycles. The number of hydrazone groups is 1. The molecular weight excluding hydrogens is 446 g/mol. The van der Waals surface area contributed by atoms with Gasteiger partial charge >= 0.3 is 5.97 Å². The largest absolute Gasteiger partial charge is 0.497 e. The van der Waals surface area contributed by atoms with Crippen molar-refractivity contribution in [1.29, 1.82) is 0 Å². The zero-order valence-corrected chi connectivity index (χ0v) is 18.9. The average molecular weight is 468 g/mol. The van der Waals surface area contributed by atoms with E-state index in [1.54, 1.807) is 20.3 Å². The first-order chi connectivity index (χ1) is 15.9. The quantitative estimate of drug-likeness (QED) is 0.515. The van der Waals surface area contributed by atoms with Gasteiger partial charge in [-0.1, -0.05) is 11.6 Å². The minimum atomic E-state index is -1.04. The smallest absolute Gasteiger partial charge is 0.303 e. The Kier molecular flexibility index (Phi) is 6.46. The number of halogens is 1. The lowest BCUT2D eigenvalue weighted by Gasteiger charge is -2.23. The van der Waals surface area contributed by atoms with E-state index in [1.807, 2.05) is 42.5 Å². The van der Waals surface area contributed by atoms with Crippen molar-refractivity contribution in [1.82, 2.24) is 9.99 Å². The van der Waals surface area contributed by atoms with E-state index in [4.69, 9.17) is 26.2 Å². The number of aromatic nitrogens is 1. The third kappa shape index (κ3) is 4.75. The summed E-state index contributed by atoms with van der Waals surface area (Å²) in [7, 11) is 3.17. The van der Waals surface area contributed by atoms with E-state index in [9.17, 15) is 9.59 Å². The van der Waals surface area contributed by atoms with E-state index >= 15 is 0 Å². The van der Waals surface area contributed by atoms with E-state index in [-0.39, 0.29) is 18.0 Å². The molecule has 1 aliphatic rings. The van der Waals surface area contributed by atoms with Gasteiger partial charge in [-0.25, -0.2) is 9.99 Å². The van der Waals surface area contributed by atoms with Crippen molar-refractivity contribution >= 4 is 40.1 Å². The molecule has 0 aliphatic carbocycles. The number of carboxylic acid groups (broad SMARTS) is 1. The molecule has 0 saturated carbocycles. The fourth-order valence-corrected chi connectivity index (χ4v) is 4.04.